The molecule has 0 radical (unpaired) electrons. The largest absolute Gasteiger partial charge is 0.514 e. The number of carbonyl (C=O) groups is 1. The fraction of sp³-hybridized carbons (Fsp3) is 0.500. The first-order chi connectivity index (χ1) is 7.78. The Morgan fingerprint density at radius 1 is 1.12 bits per heavy atom. The predicted molar refractivity (Wildman–Crippen MR) is 67.4 cm³/mol. The van der Waals surface area contributed by atoms with Gasteiger partial charge in [-0.1, -0.05) is 26.0 Å². The second kappa shape index (κ2) is 5.21. The van der Waals surface area contributed by atoms with Crippen molar-refractivity contribution in [3.63, 3.8) is 0 Å². The van der Waals surface area contributed by atoms with E-state index in [1.807, 2.05) is 12.1 Å². The van der Waals surface area contributed by atoms with Gasteiger partial charge in [-0.15, -0.1) is 0 Å². The van der Waals surface area contributed by atoms with Crippen molar-refractivity contribution in [2.45, 2.75) is 46.1 Å². The average Bonchev–Trinajstić information content (AvgIpc) is 2.15. The predicted octanol–water partition coefficient (Wildman–Crippen LogP) is 4.12. The second-order valence-corrected chi connectivity index (χ2v) is 5.29. The van der Waals surface area contributed by atoms with Gasteiger partial charge in [0.1, 0.15) is 11.4 Å². The van der Waals surface area contributed by atoms with Crippen LogP contribution in [0.1, 0.15) is 46.1 Å². The summed E-state index contributed by atoms with van der Waals surface area (Å²) in [5, 5.41) is 0. The molecule has 17 heavy (non-hydrogen) atoms. The zero-order valence-corrected chi connectivity index (χ0v) is 11.1. The quantitative estimate of drug-likeness (QED) is 0.572. The lowest BCUT2D eigenvalue weighted by Crippen LogP contribution is -2.25. The van der Waals surface area contributed by atoms with E-state index in [4.69, 9.17) is 9.47 Å². The minimum atomic E-state index is -0.671. The average molecular weight is 236 g/mol. The summed E-state index contributed by atoms with van der Waals surface area (Å²) in [7, 11) is 0. The number of hydrogen-bond donors (Lipinski definition) is 0. The number of hydrogen-bond acceptors (Lipinski definition) is 3. The first kappa shape index (κ1) is 13.6. The molecule has 0 unspecified atom stereocenters. The monoisotopic (exact) mass is 236 g/mol. The van der Waals surface area contributed by atoms with Crippen molar-refractivity contribution >= 4 is 6.16 Å². The van der Waals surface area contributed by atoms with Gasteiger partial charge in [0.15, 0.2) is 0 Å². The Hall–Kier alpha value is -1.51. The molecule has 94 valence electrons. The maximum absolute atomic E-state index is 11.4. The highest BCUT2D eigenvalue weighted by Gasteiger charge is 2.17. The Morgan fingerprint density at radius 3 is 2.06 bits per heavy atom. The Balaban J connectivity index is 2.61. The van der Waals surface area contributed by atoms with E-state index < -0.39 is 11.8 Å². The van der Waals surface area contributed by atoms with Crippen LogP contribution in [0.4, 0.5) is 4.79 Å². The molecule has 0 amide bonds. The van der Waals surface area contributed by atoms with Crippen LogP contribution in [0.25, 0.3) is 0 Å². The van der Waals surface area contributed by atoms with Crippen molar-refractivity contribution in [3.8, 4) is 5.75 Å². The highest BCUT2D eigenvalue weighted by Crippen LogP contribution is 2.19. The van der Waals surface area contributed by atoms with Crippen LogP contribution < -0.4 is 4.74 Å². The first-order valence-corrected chi connectivity index (χ1v) is 5.79. The van der Waals surface area contributed by atoms with E-state index in [0.29, 0.717) is 11.7 Å². The van der Waals surface area contributed by atoms with Gasteiger partial charge in [0, 0.05) is 0 Å². The SMILES string of the molecule is CC(C)c1ccc(OC(=O)OC(C)(C)C)cc1. The fourth-order valence-corrected chi connectivity index (χ4v) is 1.29. The van der Waals surface area contributed by atoms with Gasteiger partial charge in [0.25, 0.3) is 0 Å². The van der Waals surface area contributed by atoms with Crippen molar-refractivity contribution in [2.75, 3.05) is 0 Å². The molecule has 0 aliphatic rings. The summed E-state index contributed by atoms with van der Waals surface area (Å²) >= 11 is 0. The minimum Gasteiger partial charge on any atom is -0.428 e. The van der Waals surface area contributed by atoms with Gasteiger partial charge >= 0.3 is 6.16 Å². The number of carbonyl (C=O) groups excluding carboxylic acids is 1. The highest BCUT2D eigenvalue weighted by atomic mass is 16.7. The number of benzene rings is 1. The summed E-state index contributed by atoms with van der Waals surface area (Å²) in [5.41, 5.74) is 0.677. The van der Waals surface area contributed by atoms with Crippen LogP contribution in [0, 0.1) is 0 Å². The van der Waals surface area contributed by atoms with E-state index in [0.717, 1.165) is 0 Å². The molecule has 1 aromatic rings. The molecule has 0 N–H and O–H groups in total. The molecular formula is C14H20O3. The third kappa shape index (κ3) is 4.89. The minimum absolute atomic E-state index is 0.463. The normalized spacial score (nSPS) is 11.4. The standard InChI is InChI=1S/C14H20O3/c1-10(2)11-6-8-12(9-7-11)16-13(15)17-14(3,4)5/h6-10H,1-5H3. The summed E-state index contributed by atoms with van der Waals surface area (Å²) in [6.07, 6.45) is -0.671. The molecule has 1 rings (SSSR count). The first-order valence-electron chi connectivity index (χ1n) is 5.79. The van der Waals surface area contributed by atoms with Crippen molar-refractivity contribution in [1.82, 2.24) is 0 Å². The van der Waals surface area contributed by atoms with Crippen LogP contribution in [-0.4, -0.2) is 11.8 Å². The van der Waals surface area contributed by atoms with Crippen molar-refractivity contribution in [3.05, 3.63) is 29.8 Å². The topological polar surface area (TPSA) is 35.5 Å². The molecule has 0 spiro atoms. The lowest BCUT2D eigenvalue weighted by atomic mass is 10.0. The third-order valence-electron chi connectivity index (χ3n) is 2.14. The van der Waals surface area contributed by atoms with Gasteiger partial charge in [-0.05, 0) is 44.4 Å². The smallest absolute Gasteiger partial charge is 0.428 e. The molecule has 0 aliphatic heterocycles. The summed E-state index contributed by atoms with van der Waals surface area (Å²) in [6, 6.07) is 7.45. The van der Waals surface area contributed by atoms with E-state index in [1.165, 1.54) is 5.56 Å². The maximum Gasteiger partial charge on any atom is 0.514 e. The summed E-state index contributed by atoms with van der Waals surface area (Å²) in [6.45, 7) is 9.63. The van der Waals surface area contributed by atoms with Crippen LogP contribution >= 0.6 is 0 Å². The van der Waals surface area contributed by atoms with Gasteiger partial charge < -0.3 is 9.47 Å². The molecule has 0 aliphatic carbocycles. The molecule has 0 bridgehead atoms. The maximum atomic E-state index is 11.4. The summed E-state index contributed by atoms with van der Waals surface area (Å²) in [5.74, 6) is 0.967. The molecule has 0 saturated heterocycles. The fourth-order valence-electron chi connectivity index (χ4n) is 1.29. The van der Waals surface area contributed by atoms with Crippen LogP contribution in [0.3, 0.4) is 0 Å². The molecular weight excluding hydrogens is 216 g/mol. The van der Waals surface area contributed by atoms with Gasteiger partial charge in [0.2, 0.25) is 0 Å². The van der Waals surface area contributed by atoms with Gasteiger partial charge in [-0.2, -0.15) is 0 Å². The summed E-state index contributed by atoms with van der Waals surface area (Å²) in [4.78, 5) is 11.4. The summed E-state index contributed by atoms with van der Waals surface area (Å²) < 4.78 is 10.1. The molecule has 0 heterocycles. The lowest BCUT2D eigenvalue weighted by molar-refractivity contribution is 0.0206. The molecule has 0 aromatic heterocycles. The molecule has 0 fully saturated rings. The molecule has 3 nitrogen and oxygen atoms in total. The van der Waals surface area contributed by atoms with Gasteiger partial charge in [0.05, 0.1) is 0 Å². The van der Waals surface area contributed by atoms with Crippen molar-refractivity contribution in [1.29, 1.82) is 0 Å². The van der Waals surface area contributed by atoms with Gasteiger partial charge in [-0.3, -0.25) is 0 Å². The van der Waals surface area contributed by atoms with E-state index >= 15 is 0 Å². The second-order valence-electron chi connectivity index (χ2n) is 5.29. The van der Waals surface area contributed by atoms with Crippen LogP contribution in [0.5, 0.6) is 5.75 Å². The molecule has 3 heteroatoms. The molecule has 1 aromatic carbocycles. The van der Waals surface area contributed by atoms with E-state index in [1.54, 1.807) is 32.9 Å². The van der Waals surface area contributed by atoms with E-state index in [9.17, 15) is 4.79 Å². The van der Waals surface area contributed by atoms with Crippen LogP contribution in [-0.2, 0) is 4.74 Å². The third-order valence-corrected chi connectivity index (χ3v) is 2.14. The molecule has 0 saturated carbocycles. The Labute approximate surface area is 103 Å². The highest BCUT2D eigenvalue weighted by molar-refractivity contribution is 5.64. The van der Waals surface area contributed by atoms with Crippen LogP contribution in [0.2, 0.25) is 0 Å². The zero-order valence-electron chi connectivity index (χ0n) is 11.1. The number of ether oxygens (including phenoxy) is 2. The van der Waals surface area contributed by atoms with Crippen LogP contribution in [0.15, 0.2) is 24.3 Å². The van der Waals surface area contributed by atoms with Crippen molar-refractivity contribution < 1.29 is 14.3 Å². The molecule has 0 atom stereocenters. The Bertz CT molecular complexity index is 371. The Morgan fingerprint density at radius 2 is 1.65 bits per heavy atom. The van der Waals surface area contributed by atoms with Gasteiger partial charge in [-0.25, -0.2) is 4.79 Å². The Kier molecular flexibility index (Phi) is 4.16. The van der Waals surface area contributed by atoms with Crippen molar-refractivity contribution in [2.24, 2.45) is 0 Å². The van der Waals surface area contributed by atoms with E-state index in [2.05, 4.69) is 13.8 Å². The number of rotatable bonds is 2. The van der Waals surface area contributed by atoms with E-state index in [-0.39, 0.29) is 0 Å². The zero-order chi connectivity index (χ0) is 13.1. The lowest BCUT2D eigenvalue weighted by Gasteiger charge is -2.18.